The molecular formula is C18H22N4O7S. The number of thioether (sulfide) groups is 1. The molecule has 1 amide bonds. The molecule has 0 radical (unpaired) electrons. The maximum Gasteiger partial charge on any atom is 0.347 e. The number of ether oxygens (including phenoxy) is 1. The summed E-state index contributed by atoms with van der Waals surface area (Å²) in [6.07, 6.45) is -5.65. The van der Waals surface area contributed by atoms with E-state index in [1.54, 1.807) is 0 Å². The average molecular weight is 438 g/mol. The highest BCUT2D eigenvalue weighted by Gasteiger charge is 2.46. The van der Waals surface area contributed by atoms with Crippen molar-refractivity contribution in [3.05, 3.63) is 56.7 Å². The zero-order valence-electron chi connectivity index (χ0n) is 16.0. The number of aliphatic hydroxyl groups excluding tert-OH is 3. The number of hydrogen-bond acceptors (Lipinski definition) is 9. The van der Waals surface area contributed by atoms with E-state index in [9.17, 15) is 29.7 Å². The third-order valence-corrected chi connectivity index (χ3v) is 5.57. The van der Waals surface area contributed by atoms with Crippen molar-refractivity contribution < 1.29 is 24.9 Å². The summed E-state index contributed by atoms with van der Waals surface area (Å²) >= 11 is 1.09. The van der Waals surface area contributed by atoms with Gasteiger partial charge in [0.2, 0.25) is 5.91 Å². The number of nitrogens with zero attached hydrogens (tertiary/aromatic N) is 2. The van der Waals surface area contributed by atoms with Gasteiger partial charge in [0.1, 0.15) is 24.4 Å². The number of amides is 1. The lowest BCUT2D eigenvalue weighted by Gasteiger charge is -2.42. The van der Waals surface area contributed by atoms with Crippen LogP contribution in [0.1, 0.15) is 18.7 Å². The van der Waals surface area contributed by atoms with Crippen LogP contribution in [-0.4, -0.2) is 67.0 Å². The molecule has 0 saturated carbocycles. The molecule has 30 heavy (non-hydrogen) atoms. The van der Waals surface area contributed by atoms with Crippen molar-refractivity contribution in [1.82, 2.24) is 20.1 Å². The molecule has 0 spiro atoms. The van der Waals surface area contributed by atoms with Crippen LogP contribution >= 0.6 is 11.8 Å². The van der Waals surface area contributed by atoms with Gasteiger partial charge in [0.05, 0.1) is 6.61 Å². The van der Waals surface area contributed by atoms with Crippen molar-refractivity contribution in [1.29, 1.82) is 0 Å². The Bertz CT molecular complexity index is 996. The van der Waals surface area contributed by atoms with Crippen molar-refractivity contribution in [2.75, 3.05) is 6.61 Å². The normalized spacial score (nSPS) is 26.3. The average Bonchev–Trinajstić information content (AvgIpc) is 2.72. The van der Waals surface area contributed by atoms with Crippen LogP contribution in [-0.2, 0) is 15.3 Å². The van der Waals surface area contributed by atoms with Crippen LogP contribution in [0.5, 0.6) is 0 Å². The molecule has 1 aromatic carbocycles. The molecule has 1 aromatic heterocycles. The van der Waals surface area contributed by atoms with E-state index < -0.39 is 54.3 Å². The maximum absolute atomic E-state index is 12.4. The van der Waals surface area contributed by atoms with E-state index in [2.05, 4.69) is 15.4 Å². The highest BCUT2D eigenvalue weighted by molar-refractivity contribution is 7.98. The number of aliphatic hydroxyl groups is 3. The van der Waals surface area contributed by atoms with E-state index in [1.807, 2.05) is 30.3 Å². The van der Waals surface area contributed by atoms with Gasteiger partial charge in [-0.15, -0.1) is 0 Å². The van der Waals surface area contributed by atoms with Gasteiger partial charge in [-0.2, -0.15) is 9.78 Å². The Morgan fingerprint density at radius 2 is 1.97 bits per heavy atom. The van der Waals surface area contributed by atoms with Gasteiger partial charge in [-0.3, -0.25) is 14.6 Å². The predicted molar refractivity (Wildman–Crippen MR) is 106 cm³/mol. The fraction of sp³-hybridized carbons (Fsp3) is 0.444. The minimum absolute atomic E-state index is 0.0233. The molecule has 5 atom stereocenters. The van der Waals surface area contributed by atoms with Crippen molar-refractivity contribution in [2.24, 2.45) is 0 Å². The molecular weight excluding hydrogens is 416 g/mol. The first-order valence-electron chi connectivity index (χ1n) is 9.11. The summed E-state index contributed by atoms with van der Waals surface area (Å²) in [5.74, 6) is -0.130. The second-order valence-electron chi connectivity index (χ2n) is 6.74. The Labute approximate surface area is 174 Å². The van der Waals surface area contributed by atoms with E-state index >= 15 is 0 Å². The van der Waals surface area contributed by atoms with Gasteiger partial charge >= 0.3 is 5.69 Å². The summed E-state index contributed by atoms with van der Waals surface area (Å²) in [5, 5.41) is 36.4. The van der Waals surface area contributed by atoms with Crippen molar-refractivity contribution in [3.8, 4) is 0 Å². The molecule has 0 aliphatic carbocycles. The number of benzene rings is 1. The summed E-state index contributed by atoms with van der Waals surface area (Å²) < 4.78 is 6.34. The molecule has 3 rings (SSSR count). The van der Waals surface area contributed by atoms with E-state index in [1.165, 1.54) is 6.92 Å². The summed E-state index contributed by atoms with van der Waals surface area (Å²) in [4.78, 5) is 38.3. The van der Waals surface area contributed by atoms with Gasteiger partial charge in [0, 0.05) is 12.7 Å². The first-order valence-corrected chi connectivity index (χ1v) is 10.1. The quantitative estimate of drug-likeness (QED) is 0.332. The molecule has 1 aliphatic rings. The first-order chi connectivity index (χ1) is 14.3. The molecule has 1 saturated heterocycles. The smallest absolute Gasteiger partial charge is 0.347 e. The van der Waals surface area contributed by atoms with E-state index in [0.29, 0.717) is 5.75 Å². The molecule has 0 unspecified atom stereocenters. The monoisotopic (exact) mass is 438 g/mol. The van der Waals surface area contributed by atoms with Gasteiger partial charge < -0.3 is 25.4 Å². The van der Waals surface area contributed by atoms with Crippen molar-refractivity contribution in [2.45, 2.75) is 48.3 Å². The molecule has 1 fully saturated rings. The Kier molecular flexibility index (Phi) is 7.05. The number of aromatic amines is 1. The zero-order chi connectivity index (χ0) is 21.8. The summed E-state index contributed by atoms with van der Waals surface area (Å²) in [6, 6.07) is 8.06. The topological polar surface area (TPSA) is 167 Å². The Morgan fingerprint density at radius 3 is 2.60 bits per heavy atom. The van der Waals surface area contributed by atoms with Crippen LogP contribution < -0.4 is 16.6 Å². The summed E-state index contributed by atoms with van der Waals surface area (Å²) in [6.45, 7) is 0.549. The van der Waals surface area contributed by atoms with E-state index in [0.717, 1.165) is 22.0 Å². The minimum atomic E-state index is -1.55. The van der Waals surface area contributed by atoms with Crippen LogP contribution in [0, 0.1) is 0 Å². The molecule has 11 nitrogen and oxygen atoms in total. The van der Waals surface area contributed by atoms with Crippen LogP contribution in [0.2, 0.25) is 0 Å². The van der Waals surface area contributed by atoms with Crippen molar-refractivity contribution >= 4 is 17.7 Å². The van der Waals surface area contributed by atoms with Crippen LogP contribution in [0.25, 0.3) is 0 Å². The Balaban J connectivity index is 1.95. The Morgan fingerprint density at radius 1 is 1.27 bits per heavy atom. The SMILES string of the molecule is CC(=O)N[C@@H]1[C@@H](O)[C@H](O)[C@@H](CO)O[C@H]1n1nc(SCc2ccccc2)c(=O)[nH]c1=O. The van der Waals surface area contributed by atoms with E-state index in [4.69, 9.17) is 4.74 Å². The number of hydrogen-bond donors (Lipinski definition) is 5. The third-order valence-electron chi connectivity index (χ3n) is 4.55. The number of rotatable bonds is 6. The van der Waals surface area contributed by atoms with E-state index in [-0.39, 0.29) is 5.03 Å². The molecule has 5 N–H and O–H groups in total. The lowest BCUT2D eigenvalue weighted by atomic mass is 9.96. The molecule has 2 aromatic rings. The first kappa shape index (κ1) is 22.2. The molecule has 0 bridgehead atoms. The highest BCUT2D eigenvalue weighted by atomic mass is 32.2. The van der Waals surface area contributed by atoms with Crippen LogP contribution in [0.3, 0.4) is 0 Å². The zero-order valence-corrected chi connectivity index (χ0v) is 16.8. The number of nitrogens with one attached hydrogen (secondary N) is 2. The van der Waals surface area contributed by atoms with Crippen LogP contribution in [0.4, 0.5) is 0 Å². The van der Waals surface area contributed by atoms with Gasteiger partial charge in [-0.1, -0.05) is 42.1 Å². The second-order valence-corrected chi connectivity index (χ2v) is 7.70. The number of carbonyl (C=O) groups is 1. The lowest BCUT2D eigenvalue weighted by Crippen LogP contribution is -2.63. The fourth-order valence-electron chi connectivity index (χ4n) is 3.09. The molecule has 2 heterocycles. The molecule has 162 valence electrons. The largest absolute Gasteiger partial charge is 0.394 e. The molecule has 12 heteroatoms. The number of H-pyrrole nitrogens is 1. The number of aromatic nitrogens is 3. The lowest BCUT2D eigenvalue weighted by molar-refractivity contribution is -0.220. The third kappa shape index (κ3) is 4.79. The predicted octanol–water partition coefficient (Wildman–Crippen LogP) is -1.66. The Hall–Kier alpha value is -2.51. The molecule has 1 aliphatic heterocycles. The fourth-order valence-corrected chi connectivity index (χ4v) is 3.91. The van der Waals surface area contributed by atoms with Gasteiger partial charge in [-0.05, 0) is 5.56 Å². The summed E-state index contributed by atoms with van der Waals surface area (Å²) in [7, 11) is 0. The van der Waals surface area contributed by atoms with Gasteiger partial charge in [-0.25, -0.2) is 4.79 Å². The minimum Gasteiger partial charge on any atom is -0.394 e. The maximum atomic E-state index is 12.4. The van der Waals surface area contributed by atoms with Crippen molar-refractivity contribution in [3.63, 3.8) is 0 Å². The van der Waals surface area contributed by atoms with Gasteiger partial charge in [0.25, 0.3) is 5.56 Å². The second kappa shape index (κ2) is 9.53. The summed E-state index contributed by atoms with van der Waals surface area (Å²) in [5.41, 5.74) is -0.682. The van der Waals surface area contributed by atoms with Gasteiger partial charge in [0.15, 0.2) is 11.3 Å². The number of carbonyl (C=O) groups excluding carboxylic acids is 1. The van der Waals surface area contributed by atoms with Crippen LogP contribution in [0.15, 0.2) is 44.9 Å². The highest BCUT2D eigenvalue weighted by Crippen LogP contribution is 2.27. The standard InChI is InChI=1S/C18H22N4O7S/c1-9(24)19-12-14(26)13(25)11(7-23)29-17(12)22-18(28)20-15(27)16(21-22)30-8-10-5-3-2-4-6-10/h2-6,11-14,17,23,25-26H,7-8H2,1H3,(H,19,24)(H,20,27,28)/t11-,12-,13-,14-,17-/m1/s1.